The summed E-state index contributed by atoms with van der Waals surface area (Å²) in [7, 11) is 1.95. The first-order valence-electron chi connectivity index (χ1n) is 14.6. The number of aromatic nitrogens is 4. The van der Waals surface area contributed by atoms with Crippen LogP contribution in [0.15, 0.2) is 36.7 Å². The van der Waals surface area contributed by atoms with Crippen LogP contribution >= 0.6 is 0 Å². The molecular weight excluding hydrogens is 526 g/mol. The highest BCUT2D eigenvalue weighted by molar-refractivity contribution is 6.10. The van der Waals surface area contributed by atoms with E-state index in [1.807, 2.05) is 41.6 Å². The highest BCUT2D eigenvalue weighted by Crippen LogP contribution is 2.46. The lowest BCUT2D eigenvalue weighted by Crippen LogP contribution is -2.49. The molecule has 0 radical (unpaired) electrons. The molecule has 1 saturated carbocycles. The Balaban J connectivity index is 1.18. The van der Waals surface area contributed by atoms with Gasteiger partial charge >= 0.3 is 0 Å². The maximum atomic E-state index is 14.2. The number of anilines is 1. The molecule has 4 aliphatic rings. The predicted molar refractivity (Wildman–Crippen MR) is 149 cm³/mol. The molecule has 2 aromatic heterocycles. The SMILES string of the molecule is C[C@H](c1cc2c(c(C3CC3)n1)CN(c1cccc(C3(Cc4nncn4C)COC3)c1)C2=O)N1CCC(F)(F)[C@H](C)C1. The Morgan fingerprint density at radius 1 is 1.20 bits per heavy atom. The molecule has 3 fully saturated rings. The van der Waals surface area contributed by atoms with Gasteiger partial charge in [0.25, 0.3) is 11.8 Å². The van der Waals surface area contributed by atoms with E-state index in [4.69, 9.17) is 9.72 Å². The number of alkyl halides is 2. The van der Waals surface area contributed by atoms with Gasteiger partial charge < -0.3 is 14.2 Å². The van der Waals surface area contributed by atoms with Gasteiger partial charge in [0, 0.05) is 78.8 Å². The molecule has 5 heterocycles. The van der Waals surface area contributed by atoms with Crippen LogP contribution in [0.25, 0.3) is 0 Å². The van der Waals surface area contributed by atoms with Crippen molar-refractivity contribution in [3.63, 3.8) is 0 Å². The minimum absolute atomic E-state index is 0.0272. The number of hydrogen-bond acceptors (Lipinski definition) is 6. The smallest absolute Gasteiger partial charge is 0.259 e. The number of aryl methyl sites for hydroxylation is 1. The number of carbonyl (C=O) groups is 1. The Hall–Kier alpha value is -3.24. The van der Waals surface area contributed by atoms with Crippen molar-refractivity contribution in [1.82, 2.24) is 24.6 Å². The molecule has 0 spiro atoms. The van der Waals surface area contributed by atoms with Gasteiger partial charge in [0.2, 0.25) is 0 Å². The average molecular weight is 563 g/mol. The van der Waals surface area contributed by atoms with E-state index in [9.17, 15) is 13.6 Å². The number of pyridine rings is 1. The largest absolute Gasteiger partial charge is 0.379 e. The molecule has 2 saturated heterocycles. The van der Waals surface area contributed by atoms with Gasteiger partial charge in [0.05, 0.1) is 25.5 Å². The second kappa shape index (κ2) is 9.66. The molecule has 3 aromatic rings. The Labute approximate surface area is 238 Å². The molecule has 0 bridgehead atoms. The zero-order chi connectivity index (χ0) is 28.5. The minimum atomic E-state index is -2.63. The summed E-state index contributed by atoms with van der Waals surface area (Å²) in [5.74, 6) is -2.11. The van der Waals surface area contributed by atoms with E-state index < -0.39 is 11.8 Å². The fourth-order valence-corrected chi connectivity index (χ4v) is 6.61. The van der Waals surface area contributed by atoms with Crippen molar-refractivity contribution in [1.29, 1.82) is 0 Å². The van der Waals surface area contributed by atoms with E-state index in [1.54, 1.807) is 13.3 Å². The van der Waals surface area contributed by atoms with Crippen molar-refractivity contribution in [2.75, 3.05) is 31.2 Å². The third-order valence-corrected chi connectivity index (χ3v) is 9.70. The number of amides is 1. The standard InChI is InChI=1S/C31H36F2N6O2/c1-19-14-38(10-9-31(19,32)33)20(2)26-12-24-25(28(35-26)21-7-8-21)15-39(29(24)40)23-6-4-5-22(11-23)30(16-41-17-30)13-27-36-34-18-37(27)3/h4-6,11-12,18-21H,7-10,13-17H2,1-3H3/t19-,20-/m1/s1. The van der Waals surface area contributed by atoms with Crippen molar-refractivity contribution >= 4 is 11.6 Å². The lowest BCUT2D eigenvalue weighted by molar-refractivity contribution is -0.105. The van der Waals surface area contributed by atoms with Gasteiger partial charge in [0.1, 0.15) is 12.2 Å². The van der Waals surface area contributed by atoms with Crippen LogP contribution in [-0.4, -0.2) is 62.8 Å². The Kier molecular flexibility index (Phi) is 6.28. The number of halogens is 2. The molecule has 216 valence electrons. The van der Waals surface area contributed by atoms with Crippen molar-refractivity contribution < 1.29 is 18.3 Å². The maximum Gasteiger partial charge on any atom is 0.259 e. The maximum absolute atomic E-state index is 14.2. The molecule has 1 aliphatic carbocycles. The van der Waals surface area contributed by atoms with Crippen LogP contribution in [-0.2, 0) is 30.2 Å². The fraction of sp³-hybridized carbons (Fsp3) is 0.548. The van der Waals surface area contributed by atoms with Crippen LogP contribution in [0.4, 0.5) is 14.5 Å². The zero-order valence-corrected chi connectivity index (χ0v) is 23.8. The lowest BCUT2D eigenvalue weighted by atomic mass is 9.75. The number of rotatable bonds is 7. The first-order valence-corrected chi connectivity index (χ1v) is 14.6. The van der Waals surface area contributed by atoms with Crippen LogP contribution in [0.3, 0.4) is 0 Å². The summed E-state index contributed by atoms with van der Waals surface area (Å²) in [6.07, 6.45) is 4.40. The molecule has 2 atom stereocenters. The summed E-state index contributed by atoms with van der Waals surface area (Å²) in [5, 5.41) is 8.33. The molecule has 3 aliphatic heterocycles. The minimum Gasteiger partial charge on any atom is -0.379 e. The average Bonchev–Trinajstić information content (AvgIpc) is 3.63. The Morgan fingerprint density at radius 3 is 2.66 bits per heavy atom. The Morgan fingerprint density at radius 2 is 2.00 bits per heavy atom. The van der Waals surface area contributed by atoms with Crippen molar-refractivity contribution in [3.05, 3.63) is 70.6 Å². The summed E-state index contributed by atoms with van der Waals surface area (Å²) in [6, 6.07) is 10.0. The molecule has 0 unspecified atom stereocenters. The van der Waals surface area contributed by atoms with Gasteiger partial charge in [-0.2, -0.15) is 0 Å². The quantitative estimate of drug-likeness (QED) is 0.412. The van der Waals surface area contributed by atoms with E-state index in [2.05, 4.69) is 27.2 Å². The molecule has 10 heteroatoms. The van der Waals surface area contributed by atoms with E-state index >= 15 is 0 Å². The number of likely N-dealkylation sites (tertiary alicyclic amines) is 1. The van der Waals surface area contributed by atoms with E-state index in [1.165, 1.54) is 0 Å². The van der Waals surface area contributed by atoms with Crippen LogP contribution in [0.2, 0.25) is 0 Å². The number of carbonyl (C=O) groups excluding carboxylic acids is 1. The third-order valence-electron chi connectivity index (χ3n) is 9.70. The van der Waals surface area contributed by atoms with Crippen LogP contribution in [0.5, 0.6) is 0 Å². The first-order chi connectivity index (χ1) is 19.6. The number of fused-ring (bicyclic) bond motifs is 1. The van der Waals surface area contributed by atoms with Gasteiger partial charge in [-0.3, -0.25) is 14.7 Å². The lowest BCUT2D eigenvalue weighted by Gasteiger charge is -2.42. The molecule has 1 aromatic carbocycles. The zero-order valence-electron chi connectivity index (χ0n) is 23.8. The van der Waals surface area contributed by atoms with Gasteiger partial charge in [-0.05, 0) is 43.5 Å². The third kappa shape index (κ3) is 4.55. The topological polar surface area (TPSA) is 76.4 Å². The molecular formula is C31H36F2N6O2. The highest BCUT2D eigenvalue weighted by atomic mass is 19.3. The van der Waals surface area contributed by atoms with E-state index in [-0.39, 0.29) is 23.8 Å². The van der Waals surface area contributed by atoms with Gasteiger partial charge in [-0.15, -0.1) is 10.2 Å². The predicted octanol–water partition coefficient (Wildman–Crippen LogP) is 4.80. The monoisotopic (exact) mass is 562 g/mol. The number of nitrogens with zero attached hydrogens (tertiary/aromatic N) is 6. The number of ether oxygens (including phenoxy) is 1. The van der Waals surface area contributed by atoms with Crippen LogP contribution in [0.1, 0.15) is 83.8 Å². The van der Waals surface area contributed by atoms with Gasteiger partial charge in [0.15, 0.2) is 0 Å². The first kappa shape index (κ1) is 26.6. The second-order valence-corrected chi connectivity index (χ2v) is 12.6. The van der Waals surface area contributed by atoms with Crippen LogP contribution < -0.4 is 4.90 Å². The summed E-state index contributed by atoms with van der Waals surface area (Å²) in [6.45, 7) is 5.96. The van der Waals surface area contributed by atoms with E-state index in [0.717, 1.165) is 46.9 Å². The fourth-order valence-electron chi connectivity index (χ4n) is 6.61. The van der Waals surface area contributed by atoms with Crippen molar-refractivity contribution in [3.8, 4) is 0 Å². The van der Waals surface area contributed by atoms with Crippen molar-refractivity contribution in [2.45, 2.75) is 69.4 Å². The van der Waals surface area contributed by atoms with Gasteiger partial charge in [-0.1, -0.05) is 19.1 Å². The van der Waals surface area contributed by atoms with Crippen molar-refractivity contribution in [2.24, 2.45) is 13.0 Å². The van der Waals surface area contributed by atoms with Gasteiger partial charge in [-0.25, -0.2) is 8.78 Å². The number of hydrogen-bond donors (Lipinski definition) is 0. The highest BCUT2D eigenvalue weighted by Gasteiger charge is 2.44. The molecule has 7 rings (SSSR count). The molecule has 8 nitrogen and oxygen atoms in total. The number of benzene rings is 1. The summed E-state index contributed by atoms with van der Waals surface area (Å²) < 4.78 is 36.0. The normalized spacial score (nSPS) is 24.3. The second-order valence-electron chi connectivity index (χ2n) is 12.6. The Bertz CT molecular complexity index is 1500. The number of piperidine rings is 1. The molecule has 0 N–H and O–H groups in total. The van der Waals surface area contributed by atoms with E-state index in [0.29, 0.717) is 50.8 Å². The summed E-state index contributed by atoms with van der Waals surface area (Å²) in [4.78, 5) is 23.0. The summed E-state index contributed by atoms with van der Waals surface area (Å²) in [5.41, 5.74) is 5.30. The summed E-state index contributed by atoms with van der Waals surface area (Å²) >= 11 is 0. The molecule has 41 heavy (non-hydrogen) atoms. The van der Waals surface area contributed by atoms with Crippen LogP contribution in [0, 0.1) is 5.92 Å². The molecule has 1 amide bonds.